The van der Waals surface area contributed by atoms with Crippen LogP contribution in [0.1, 0.15) is 44.6 Å². The first-order valence-electron chi connectivity index (χ1n) is 15.3. The van der Waals surface area contributed by atoms with Gasteiger partial charge in [0.15, 0.2) is 11.5 Å². The molecule has 2 aromatic heterocycles. The molecular formula is C32H36FN7O2. The van der Waals surface area contributed by atoms with Crippen molar-refractivity contribution in [3.63, 3.8) is 0 Å². The third kappa shape index (κ3) is 4.34. The van der Waals surface area contributed by atoms with Crippen LogP contribution in [0.25, 0.3) is 33.2 Å². The van der Waals surface area contributed by atoms with Crippen molar-refractivity contribution in [2.24, 2.45) is 0 Å². The van der Waals surface area contributed by atoms with E-state index >= 15 is 0 Å². The lowest BCUT2D eigenvalue weighted by Gasteiger charge is -2.34. The number of nitrogens with zero attached hydrogens (tertiary/aromatic N) is 6. The molecule has 6 heterocycles. The highest BCUT2D eigenvalue weighted by Gasteiger charge is 2.49. The summed E-state index contributed by atoms with van der Waals surface area (Å²) in [4.78, 5) is 24.1. The largest absolute Gasteiger partial charge is 0.508 e. The highest BCUT2D eigenvalue weighted by molar-refractivity contribution is 5.99. The molecule has 4 saturated heterocycles. The van der Waals surface area contributed by atoms with Gasteiger partial charge < -0.3 is 20.1 Å². The lowest BCUT2D eigenvalue weighted by atomic mass is 9.95. The zero-order valence-electron chi connectivity index (χ0n) is 23.9. The van der Waals surface area contributed by atoms with Crippen LogP contribution in [0.5, 0.6) is 11.8 Å². The van der Waals surface area contributed by atoms with Gasteiger partial charge in [-0.25, -0.2) is 14.4 Å². The molecule has 218 valence electrons. The maximum absolute atomic E-state index is 14.4. The van der Waals surface area contributed by atoms with Gasteiger partial charge in [-0.1, -0.05) is 25.1 Å². The third-order valence-electron chi connectivity index (χ3n) is 9.83. The van der Waals surface area contributed by atoms with Gasteiger partial charge in [0.05, 0.1) is 10.9 Å². The number of halogens is 1. The van der Waals surface area contributed by atoms with Gasteiger partial charge in [0.2, 0.25) is 0 Å². The molecule has 0 saturated carbocycles. The van der Waals surface area contributed by atoms with Gasteiger partial charge in [0.25, 0.3) is 0 Å². The van der Waals surface area contributed by atoms with Crippen molar-refractivity contribution in [1.82, 2.24) is 30.2 Å². The molecular weight excluding hydrogens is 533 g/mol. The highest BCUT2D eigenvalue weighted by Crippen LogP contribution is 2.41. The van der Waals surface area contributed by atoms with Crippen LogP contribution in [-0.4, -0.2) is 86.5 Å². The molecule has 4 fully saturated rings. The number of hydrogen-bond donors (Lipinski definition) is 2. The minimum Gasteiger partial charge on any atom is -0.508 e. The monoisotopic (exact) mass is 569 g/mol. The zero-order chi connectivity index (χ0) is 28.4. The van der Waals surface area contributed by atoms with Crippen molar-refractivity contribution >= 4 is 27.6 Å². The van der Waals surface area contributed by atoms with Crippen molar-refractivity contribution in [3.8, 4) is 23.1 Å². The minimum absolute atomic E-state index is 0.168. The molecule has 4 aromatic rings. The second-order valence-electron chi connectivity index (χ2n) is 12.5. The Kier molecular flexibility index (Phi) is 6.19. The fourth-order valence-electron chi connectivity index (χ4n) is 7.90. The summed E-state index contributed by atoms with van der Waals surface area (Å²) in [6.07, 6.45) is 6.61. The number of fused-ring (bicyclic) bond motifs is 5. The number of piperazine rings is 1. The maximum atomic E-state index is 14.4. The van der Waals surface area contributed by atoms with E-state index in [1.807, 2.05) is 18.3 Å². The topological polar surface area (TPSA) is 99.5 Å². The fraction of sp³-hybridized carbons (Fsp3) is 0.500. The number of aromatic hydroxyl groups is 1. The summed E-state index contributed by atoms with van der Waals surface area (Å²) in [6, 6.07) is 10.7. The average Bonchev–Trinajstić information content (AvgIpc) is 3.64. The molecule has 0 radical (unpaired) electrons. The Morgan fingerprint density at radius 3 is 2.81 bits per heavy atom. The van der Waals surface area contributed by atoms with E-state index in [0.717, 1.165) is 84.8 Å². The Morgan fingerprint density at radius 2 is 1.98 bits per heavy atom. The zero-order valence-corrected chi connectivity index (χ0v) is 23.9. The van der Waals surface area contributed by atoms with Gasteiger partial charge in [-0.15, -0.1) is 0 Å². The van der Waals surface area contributed by atoms with E-state index in [9.17, 15) is 9.50 Å². The summed E-state index contributed by atoms with van der Waals surface area (Å²) in [7, 11) is 0. The summed E-state index contributed by atoms with van der Waals surface area (Å²) in [5.41, 5.74) is 2.15. The first kappa shape index (κ1) is 26.0. The Labute approximate surface area is 244 Å². The molecule has 4 aliphatic heterocycles. The van der Waals surface area contributed by atoms with Crippen LogP contribution in [0.3, 0.4) is 0 Å². The molecule has 0 spiro atoms. The molecule has 0 amide bonds. The normalized spacial score (nSPS) is 27.3. The molecule has 2 bridgehead atoms. The number of benzene rings is 2. The van der Waals surface area contributed by atoms with Crippen LogP contribution in [0.2, 0.25) is 0 Å². The Bertz CT molecular complexity index is 1670. The smallest absolute Gasteiger partial charge is 0.320 e. The first-order valence-corrected chi connectivity index (χ1v) is 15.3. The quantitative estimate of drug-likeness (QED) is 0.350. The molecule has 8 rings (SSSR count). The van der Waals surface area contributed by atoms with Crippen molar-refractivity contribution in [1.29, 1.82) is 0 Å². The molecule has 4 atom stereocenters. The van der Waals surface area contributed by atoms with Gasteiger partial charge in [-0.2, -0.15) is 9.97 Å². The van der Waals surface area contributed by atoms with Crippen LogP contribution in [0, 0.1) is 0 Å². The van der Waals surface area contributed by atoms with Gasteiger partial charge >= 0.3 is 6.01 Å². The van der Waals surface area contributed by atoms with Crippen LogP contribution < -0.4 is 15.0 Å². The number of ether oxygens (including phenoxy) is 1. The summed E-state index contributed by atoms with van der Waals surface area (Å²) >= 11 is 0. The summed E-state index contributed by atoms with van der Waals surface area (Å²) in [6.45, 7) is 5.57. The average molecular weight is 570 g/mol. The van der Waals surface area contributed by atoms with Crippen molar-refractivity contribution in [2.75, 3.05) is 37.7 Å². The summed E-state index contributed by atoms with van der Waals surface area (Å²) in [5, 5.41) is 17.0. The van der Waals surface area contributed by atoms with Gasteiger partial charge in [-0.05, 0) is 67.1 Å². The van der Waals surface area contributed by atoms with E-state index in [1.54, 1.807) is 12.1 Å². The van der Waals surface area contributed by atoms with Crippen LogP contribution >= 0.6 is 0 Å². The van der Waals surface area contributed by atoms with Gasteiger partial charge in [-0.3, -0.25) is 4.90 Å². The number of nitrogens with one attached hydrogen (secondary N) is 1. The van der Waals surface area contributed by atoms with Gasteiger partial charge in [0.1, 0.15) is 24.3 Å². The molecule has 0 aliphatic carbocycles. The summed E-state index contributed by atoms with van der Waals surface area (Å²) in [5.74, 6) is 1.45. The Balaban J connectivity index is 1.23. The molecule has 2 N–H and O–H groups in total. The van der Waals surface area contributed by atoms with E-state index in [0.29, 0.717) is 43.1 Å². The van der Waals surface area contributed by atoms with Gasteiger partial charge in [0, 0.05) is 49.9 Å². The minimum atomic E-state index is -0.821. The first-order chi connectivity index (χ1) is 20.5. The fourth-order valence-corrected chi connectivity index (χ4v) is 7.90. The number of rotatable bonds is 6. The third-order valence-corrected chi connectivity index (χ3v) is 9.83. The number of phenols is 1. The Morgan fingerprint density at radius 1 is 1.12 bits per heavy atom. The van der Waals surface area contributed by atoms with Crippen LogP contribution in [0.4, 0.5) is 10.2 Å². The van der Waals surface area contributed by atoms with Crippen LogP contribution in [0.15, 0.2) is 36.5 Å². The molecule has 2 aromatic carbocycles. The van der Waals surface area contributed by atoms with E-state index in [4.69, 9.17) is 24.7 Å². The summed E-state index contributed by atoms with van der Waals surface area (Å²) < 4.78 is 20.8. The second-order valence-corrected chi connectivity index (χ2v) is 12.5. The molecule has 2 unspecified atom stereocenters. The number of aryl methyl sites for hydroxylation is 1. The maximum Gasteiger partial charge on any atom is 0.320 e. The lowest BCUT2D eigenvalue weighted by Crippen LogP contribution is -2.51. The molecule has 42 heavy (non-hydrogen) atoms. The number of alkyl halides is 1. The predicted molar refractivity (Wildman–Crippen MR) is 160 cm³/mol. The number of hydrogen-bond acceptors (Lipinski definition) is 9. The van der Waals surface area contributed by atoms with E-state index in [-0.39, 0.29) is 17.3 Å². The lowest BCUT2D eigenvalue weighted by molar-refractivity contribution is 0.107. The molecule has 4 aliphatic rings. The van der Waals surface area contributed by atoms with E-state index in [1.165, 1.54) is 0 Å². The van der Waals surface area contributed by atoms with Crippen molar-refractivity contribution in [2.45, 2.75) is 69.2 Å². The molecule has 9 nitrogen and oxygen atoms in total. The number of aromatic nitrogens is 4. The van der Waals surface area contributed by atoms with Crippen LogP contribution in [-0.2, 0) is 6.42 Å². The Hall–Kier alpha value is -3.63. The standard InChI is InChI=1S/C32H36FN7O2/c1-2-19-5-3-6-20-11-24(41)12-25(27(19)20)28-34-14-26-29(36-28)37-31(38-30(26)39-16-22-7-8-23(17-39)35-22)42-18-32-9-4-10-40(32)15-21(33)13-32/h3,5-6,11-12,14,21-23,35,41H,2,4,7-10,13,15-18H2,1H3/t21-,22?,23?,32+/m1/s1. The van der Waals surface area contributed by atoms with Crippen molar-refractivity contribution < 1.29 is 14.2 Å². The van der Waals surface area contributed by atoms with E-state index in [2.05, 4.69) is 28.1 Å². The van der Waals surface area contributed by atoms with E-state index < -0.39 is 6.17 Å². The molecule has 10 heteroatoms. The predicted octanol–water partition coefficient (Wildman–Crippen LogP) is 4.40. The SMILES string of the molecule is CCc1cccc2cc(O)cc(-c3ncc4c(N5CC6CCC(C5)N6)nc(OC[C@@]56CCCN5C[C@H](F)C6)nc4n3)c12. The van der Waals surface area contributed by atoms with Crippen molar-refractivity contribution in [3.05, 3.63) is 42.1 Å². The number of phenolic OH excluding ortho intramolecular Hbond substituents is 1. The highest BCUT2D eigenvalue weighted by atomic mass is 19.1. The number of anilines is 1. The second kappa shape index (κ2) is 9.98.